The second-order valence-electron chi connectivity index (χ2n) is 4.37. The van der Waals surface area contributed by atoms with E-state index in [4.69, 9.17) is 4.74 Å². The van der Waals surface area contributed by atoms with E-state index >= 15 is 0 Å². The predicted octanol–water partition coefficient (Wildman–Crippen LogP) is 1.49. The highest BCUT2D eigenvalue weighted by molar-refractivity contribution is 4.87. The van der Waals surface area contributed by atoms with Crippen LogP contribution in [0.25, 0.3) is 0 Å². The molecule has 1 fully saturated rings. The van der Waals surface area contributed by atoms with E-state index in [2.05, 4.69) is 24.2 Å². The van der Waals surface area contributed by atoms with Gasteiger partial charge in [0.1, 0.15) is 0 Å². The molecule has 1 aliphatic rings. The molecule has 15 heavy (non-hydrogen) atoms. The fraction of sp³-hybridized carbons (Fsp3) is 1.00. The first-order chi connectivity index (χ1) is 7.33. The minimum Gasteiger partial charge on any atom is -0.383 e. The average Bonchev–Trinajstić information content (AvgIpc) is 2.30. The van der Waals surface area contributed by atoms with Gasteiger partial charge in [0.15, 0.2) is 0 Å². The molecule has 0 saturated heterocycles. The summed E-state index contributed by atoms with van der Waals surface area (Å²) in [4.78, 5) is 2.56. The number of hydrogen-bond donors (Lipinski definition) is 1. The van der Waals surface area contributed by atoms with Crippen LogP contribution in [-0.2, 0) is 4.74 Å². The largest absolute Gasteiger partial charge is 0.383 e. The SMILES string of the molecule is CCN(CCOC)C1CCCCC1NC. The van der Waals surface area contributed by atoms with Crippen LogP contribution in [0, 0.1) is 0 Å². The highest BCUT2D eigenvalue weighted by atomic mass is 16.5. The van der Waals surface area contributed by atoms with Gasteiger partial charge in [0, 0.05) is 25.7 Å². The van der Waals surface area contributed by atoms with Crippen molar-refractivity contribution >= 4 is 0 Å². The second kappa shape index (κ2) is 7.20. The molecule has 0 heterocycles. The fourth-order valence-electron chi connectivity index (χ4n) is 2.65. The van der Waals surface area contributed by atoms with Crippen LogP contribution < -0.4 is 5.32 Å². The van der Waals surface area contributed by atoms with Crippen LogP contribution in [0.2, 0.25) is 0 Å². The summed E-state index contributed by atoms with van der Waals surface area (Å²) in [5, 5.41) is 3.46. The third-order valence-corrected chi connectivity index (χ3v) is 3.56. The lowest BCUT2D eigenvalue weighted by Gasteiger charge is -2.39. The van der Waals surface area contributed by atoms with Crippen molar-refractivity contribution in [3.05, 3.63) is 0 Å². The lowest BCUT2D eigenvalue weighted by atomic mass is 9.89. The van der Waals surface area contributed by atoms with Gasteiger partial charge < -0.3 is 10.1 Å². The van der Waals surface area contributed by atoms with Crippen molar-refractivity contribution in [1.82, 2.24) is 10.2 Å². The summed E-state index contributed by atoms with van der Waals surface area (Å²) < 4.78 is 5.17. The third-order valence-electron chi connectivity index (χ3n) is 3.56. The normalized spacial score (nSPS) is 27.2. The van der Waals surface area contributed by atoms with Crippen molar-refractivity contribution in [1.29, 1.82) is 0 Å². The van der Waals surface area contributed by atoms with Crippen LogP contribution >= 0.6 is 0 Å². The number of likely N-dealkylation sites (N-methyl/N-ethyl adjacent to an activating group) is 2. The highest BCUT2D eigenvalue weighted by Gasteiger charge is 2.27. The van der Waals surface area contributed by atoms with Gasteiger partial charge in [-0.1, -0.05) is 19.8 Å². The Morgan fingerprint density at radius 3 is 2.67 bits per heavy atom. The molecule has 0 aromatic carbocycles. The third kappa shape index (κ3) is 3.74. The van der Waals surface area contributed by atoms with Gasteiger partial charge >= 0.3 is 0 Å². The van der Waals surface area contributed by atoms with Crippen LogP contribution in [-0.4, -0.2) is 50.8 Å². The van der Waals surface area contributed by atoms with Gasteiger partial charge in [0.05, 0.1) is 6.61 Å². The van der Waals surface area contributed by atoms with Crippen LogP contribution in [0.5, 0.6) is 0 Å². The van der Waals surface area contributed by atoms with Crippen molar-refractivity contribution in [2.75, 3.05) is 33.9 Å². The number of methoxy groups -OCH3 is 1. The van der Waals surface area contributed by atoms with E-state index in [0.717, 1.165) is 19.7 Å². The molecule has 0 aromatic rings. The minimum atomic E-state index is 0.676. The van der Waals surface area contributed by atoms with Gasteiger partial charge in [-0.3, -0.25) is 4.90 Å². The Morgan fingerprint density at radius 2 is 2.07 bits per heavy atom. The van der Waals surface area contributed by atoms with Crippen molar-refractivity contribution in [2.45, 2.75) is 44.7 Å². The summed E-state index contributed by atoms with van der Waals surface area (Å²) in [5.74, 6) is 0. The Labute approximate surface area is 94.2 Å². The topological polar surface area (TPSA) is 24.5 Å². The molecular weight excluding hydrogens is 188 g/mol. The summed E-state index contributed by atoms with van der Waals surface area (Å²) in [6.07, 6.45) is 5.42. The van der Waals surface area contributed by atoms with Gasteiger partial charge in [0.25, 0.3) is 0 Å². The quantitative estimate of drug-likeness (QED) is 0.725. The average molecular weight is 214 g/mol. The summed E-state index contributed by atoms with van der Waals surface area (Å²) in [7, 11) is 3.87. The van der Waals surface area contributed by atoms with E-state index in [0.29, 0.717) is 12.1 Å². The molecule has 1 rings (SSSR count). The molecular formula is C12H26N2O. The molecule has 0 bridgehead atoms. The number of ether oxygens (including phenoxy) is 1. The highest BCUT2D eigenvalue weighted by Crippen LogP contribution is 2.22. The van der Waals surface area contributed by atoms with Gasteiger partial charge in [-0.2, -0.15) is 0 Å². The molecule has 0 aromatic heterocycles. The van der Waals surface area contributed by atoms with E-state index < -0.39 is 0 Å². The molecule has 90 valence electrons. The Morgan fingerprint density at radius 1 is 1.33 bits per heavy atom. The first-order valence-electron chi connectivity index (χ1n) is 6.23. The predicted molar refractivity (Wildman–Crippen MR) is 64.2 cm³/mol. The van der Waals surface area contributed by atoms with Crippen molar-refractivity contribution in [3.63, 3.8) is 0 Å². The molecule has 3 nitrogen and oxygen atoms in total. The van der Waals surface area contributed by atoms with Crippen LogP contribution in [0.15, 0.2) is 0 Å². The molecule has 0 amide bonds. The van der Waals surface area contributed by atoms with Crippen LogP contribution in [0.4, 0.5) is 0 Å². The van der Waals surface area contributed by atoms with E-state index in [-0.39, 0.29) is 0 Å². The van der Waals surface area contributed by atoms with Crippen molar-refractivity contribution in [3.8, 4) is 0 Å². The van der Waals surface area contributed by atoms with Crippen LogP contribution in [0.3, 0.4) is 0 Å². The maximum absolute atomic E-state index is 5.17. The smallest absolute Gasteiger partial charge is 0.0589 e. The molecule has 0 spiro atoms. The van der Waals surface area contributed by atoms with Gasteiger partial charge in [-0.15, -0.1) is 0 Å². The zero-order valence-corrected chi connectivity index (χ0v) is 10.5. The van der Waals surface area contributed by atoms with E-state index in [9.17, 15) is 0 Å². The number of rotatable bonds is 6. The van der Waals surface area contributed by atoms with Crippen molar-refractivity contribution < 1.29 is 4.74 Å². The molecule has 1 aliphatic carbocycles. The van der Waals surface area contributed by atoms with Gasteiger partial charge in [-0.25, -0.2) is 0 Å². The first kappa shape index (κ1) is 12.9. The molecule has 2 unspecified atom stereocenters. The monoisotopic (exact) mass is 214 g/mol. The maximum atomic E-state index is 5.17. The number of nitrogens with one attached hydrogen (secondary N) is 1. The Hall–Kier alpha value is -0.120. The van der Waals surface area contributed by atoms with Gasteiger partial charge in [-0.05, 0) is 26.4 Å². The molecule has 1 N–H and O–H groups in total. The zero-order valence-electron chi connectivity index (χ0n) is 10.5. The zero-order chi connectivity index (χ0) is 11.1. The minimum absolute atomic E-state index is 0.676. The summed E-state index contributed by atoms with van der Waals surface area (Å²) in [6, 6.07) is 1.39. The van der Waals surface area contributed by atoms with E-state index in [1.54, 1.807) is 7.11 Å². The standard InChI is InChI=1S/C12H26N2O/c1-4-14(9-10-15-3)12-8-6-5-7-11(12)13-2/h11-13H,4-10H2,1-3H3. The lowest BCUT2D eigenvalue weighted by Crippen LogP contribution is -2.51. The summed E-state index contributed by atoms with van der Waals surface area (Å²) in [5.41, 5.74) is 0. The second-order valence-corrected chi connectivity index (χ2v) is 4.37. The molecule has 3 heteroatoms. The lowest BCUT2D eigenvalue weighted by molar-refractivity contribution is 0.0897. The summed E-state index contributed by atoms with van der Waals surface area (Å²) in [6.45, 7) is 5.29. The summed E-state index contributed by atoms with van der Waals surface area (Å²) >= 11 is 0. The van der Waals surface area contributed by atoms with E-state index in [1.165, 1.54) is 25.7 Å². The van der Waals surface area contributed by atoms with E-state index in [1.807, 2.05) is 0 Å². The van der Waals surface area contributed by atoms with Crippen molar-refractivity contribution in [2.24, 2.45) is 0 Å². The first-order valence-corrected chi connectivity index (χ1v) is 6.23. The molecule has 0 radical (unpaired) electrons. The van der Waals surface area contributed by atoms with Crippen LogP contribution in [0.1, 0.15) is 32.6 Å². The number of nitrogens with zero attached hydrogens (tertiary/aromatic N) is 1. The Bertz CT molecular complexity index is 164. The maximum Gasteiger partial charge on any atom is 0.0589 e. The Balaban J connectivity index is 2.47. The molecule has 2 atom stereocenters. The molecule has 1 saturated carbocycles. The number of hydrogen-bond acceptors (Lipinski definition) is 3. The fourth-order valence-corrected chi connectivity index (χ4v) is 2.65. The Kier molecular flexibility index (Phi) is 6.22. The van der Waals surface area contributed by atoms with Gasteiger partial charge in [0.2, 0.25) is 0 Å². The molecule has 0 aliphatic heterocycles.